The Kier molecular flexibility index (Phi) is 5.44. The van der Waals surface area contributed by atoms with Gasteiger partial charge in [-0.05, 0) is 50.2 Å². The van der Waals surface area contributed by atoms with Crippen LogP contribution >= 0.6 is 0 Å². The highest BCUT2D eigenvalue weighted by Crippen LogP contribution is 2.54. The normalized spacial score (nSPS) is 19.4. The van der Waals surface area contributed by atoms with Crippen molar-refractivity contribution in [1.29, 1.82) is 0 Å². The third-order valence-electron chi connectivity index (χ3n) is 4.59. The summed E-state index contributed by atoms with van der Waals surface area (Å²) in [5, 5.41) is 0. The van der Waals surface area contributed by atoms with Gasteiger partial charge in [0.25, 0.3) is 0 Å². The molecule has 0 aromatic rings. The van der Waals surface area contributed by atoms with E-state index in [1.54, 1.807) is 22.3 Å². The molecule has 0 aromatic heterocycles. The van der Waals surface area contributed by atoms with Crippen LogP contribution in [0.5, 0.6) is 0 Å². The molecule has 1 aliphatic rings. The molecule has 1 rings (SSSR count). The summed E-state index contributed by atoms with van der Waals surface area (Å²) in [6.45, 7) is 13.8. The van der Waals surface area contributed by atoms with Crippen molar-refractivity contribution in [2.24, 2.45) is 5.41 Å². The number of rotatable bonds is 6. The van der Waals surface area contributed by atoms with Gasteiger partial charge < -0.3 is 0 Å². The van der Waals surface area contributed by atoms with Crippen LogP contribution in [0.1, 0.15) is 73.6 Å². The molecular formula is C18H30. The fourth-order valence-electron chi connectivity index (χ4n) is 4.03. The first-order chi connectivity index (χ1) is 8.66. The lowest BCUT2D eigenvalue weighted by Crippen LogP contribution is -2.20. The molecule has 0 fully saturated rings. The van der Waals surface area contributed by atoms with E-state index in [4.69, 9.17) is 0 Å². The molecule has 0 atom stereocenters. The molecule has 0 radical (unpaired) electrons. The van der Waals surface area contributed by atoms with Crippen molar-refractivity contribution in [3.8, 4) is 0 Å². The second kappa shape index (κ2) is 6.41. The van der Waals surface area contributed by atoms with Crippen LogP contribution in [-0.2, 0) is 0 Å². The van der Waals surface area contributed by atoms with Gasteiger partial charge in [-0.3, -0.25) is 0 Å². The van der Waals surface area contributed by atoms with Crippen LogP contribution < -0.4 is 0 Å². The van der Waals surface area contributed by atoms with E-state index in [9.17, 15) is 0 Å². The molecule has 0 aliphatic heterocycles. The second-order valence-electron chi connectivity index (χ2n) is 5.15. The van der Waals surface area contributed by atoms with Crippen molar-refractivity contribution >= 4 is 0 Å². The van der Waals surface area contributed by atoms with E-state index in [1.165, 1.54) is 32.1 Å². The van der Waals surface area contributed by atoms with E-state index < -0.39 is 0 Å². The summed E-state index contributed by atoms with van der Waals surface area (Å²) in [5.74, 6) is 0. The van der Waals surface area contributed by atoms with E-state index in [0.29, 0.717) is 0 Å². The van der Waals surface area contributed by atoms with Gasteiger partial charge in [0.15, 0.2) is 0 Å². The summed E-state index contributed by atoms with van der Waals surface area (Å²) in [5.41, 5.74) is 6.96. The standard InChI is InChI=1S/C18H30/c1-7-13-18(12-6)16(10-4)14(8-2)15(9-3)17(18)11-5/h7,13H,8-12H2,1-6H3. The maximum Gasteiger partial charge on any atom is 0.0309 e. The molecular weight excluding hydrogens is 216 g/mol. The Labute approximate surface area is 114 Å². The Balaban J connectivity index is 3.54. The predicted octanol–water partition coefficient (Wildman–Crippen LogP) is 6.21. The van der Waals surface area contributed by atoms with E-state index in [-0.39, 0.29) is 5.41 Å². The molecule has 0 saturated heterocycles. The van der Waals surface area contributed by atoms with Crippen LogP contribution in [0.15, 0.2) is 34.4 Å². The highest BCUT2D eigenvalue weighted by molar-refractivity contribution is 5.56. The zero-order valence-corrected chi connectivity index (χ0v) is 13.2. The first-order valence-corrected chi connectivity index (χ1v) is 7.75. The van der Waals surface area contributed by atoms with Gasteiger partial charge in [0.1, 0.15) is 0 Å². The summed E-state index contributed by atoms with van der Waals surface area (Å²) < 4.78 is 0. The highest BCUT2D eigenvalue weighted by atomic mass is 14.4. The monoisotopic (exact) mass is 246 g/mol. The number of allylic oxidation sites excluding steroid dienone is 6. The van der Waals surface area contributed by atoms with Crippen molar-refractivity contribution in [2.45, 2.75) is 73.6 Å². The molecule has 0 heteroatoms. The lowest BCUT2D eigenvalue weighted by molar-refractivity contribution is 0.503. The molecule has 0 spiro atoms. The highest BCUT2D eigenvalue weighted by Gasteiger charge is 2.40. The zero-order chi connectivity index (χ0) is 13.8. The molecule has 0 aromatic carbocycles. The Bertz CT molecular complexity index is 349. The van der Waals surface area contributed by atoms with Gasteiger partial charge in [0, 0.05) is 5.41 Å². The third-order valence-corrected chi connectivity index (χ3v) is 4.59. The summed E-state index contributed by atoms with van der Waals surface area (Å²) in [7, 11) is 0. The van der Waals surface area contributed by atoms with E-state index in [0.717, 1.165) is 0 Å². The Morgan fingerprint density at radius 1 is 0.778 bits per heavy atom. The lowest BCUT2D eigenvalue weighted by Gasteiger charge is -2.32. The van der Waals surface area contributed by atoms with Gasteiger partial charge in [-0.2, -0.15) is 0 Å². The maximum absolute atomic E-state index is 2.46. The molecule has 18 heavy (non-hydrogen) atoms. The van der Waals surface area contributed by atoms with Crippen LogP contribution in [0.4, 0.5) is 0 Å². The minimum Gasteiger partial charge on any atom is -0.0905 e. The van der Waals surface area contributed by atoms with Gasteiger partial charge >= 0.3 is 0 Å². The molecule has 0 saturated carbocycles. The Hall–Kier alpha value is -0.780. The minimum atomic E-state index is 0.245. The minimum absolute atomic E-state index is 0.245. The Morgan fingerprint density at radius 3 is 1.44 bits per heavy atom. The summed E-state index contributed by atoms with van der Waals surface area (Å²) >= 11 is 0. The largest absolute Gasteiger partial charge is 0.0905 e. The van der Waals surface area contributed by atoms with Gasteiger partial charge in [0.05, 0.1) is 0 Å². The smallest absolute Gasteiger partial charge is 0.0309 e. The van der Waals surface area contributed by atoms with E-state index >= 15 is 0 Å². The third kappa shape index (κ3) is 2.11. The van der Waals surface area contributed by atoms with Crippen molar-refractivity contribution in [2.75, 3.05) is 0 Å². The van der Waals surface area contributed by atoms with E-state index in [1.807, 2.05) is 0 Å². The van der Waals surface area contributed by atoms with Gasteiger partial charge in [-0.25, -0.2) is 0 Å². The lowest BCUT2D eigenvalue weighted by atomic mass is 9.72. The van der Waals surface area contributed by atoms with Crippen LogP contribution in [0.25, 0.3) is 0 Å². The molecule has 0 unspecified atom stereocenters. The number of hydrogen-bond donors (Lipinski definition) is 0. The molecule has 1 aliphatic carbocycles. The molecule has 0 heterocycles. The Morgan fingerprint density at radius 2 is 1.22 bits per heavy atom. The molecule has 0 nitrogen and oxygen atoms in total. The fourth-order valence-corrected chi connectivity index (χ4v) is 4.03. The van der Waals surface area contributed by atoms with E-state index in [2.05, 4.69) is 53.7 Å². The van der Waals surface area contributed by atoms with Gasteiger partial charge in [-0.1, -0.05) is 57.9 Å². The average molecular weight is 246 g/mol. The van der Waals surface area contributed by atoms with Crippen molar-refractivity contribution in [1.82, 2.24) is 0 Å². The van der Waals surface area contributed by atoms with Gasteiger partial charge in [0.2, 0.25) is 0 Å². The summed E-state index contributed by atoms with van der Waals surface area (Å²) in [6, 6.07) is 0. The summed E-state index contributed by atoms with van der Waals surface area (Å²) in [4.78, 5) is 0. The predicted molar refractivity (Wildman–Crippen MR) is 82.8 cm³/mol. The van der Waals surface area contributed by atoms with Crippen LogP contribution in [-0.4, -0.2) is 0 Å². The van der Waals surface area contributed by atoms with Gasteiger partial charge in [-0.15, -0.1) is 0 Å². The van der Waals surface area contributed by atoms with Crippen LogP contribution in [0.3, 0.4) is 0 Å². The number of hydrogen-bond acceptors (Lipinski definition) is 0. The van der Waals surface area contributed by atoms with Crippen LogP contribution in [0, 0.1) is 5.41 Å². The topological polar surface area (TPSA) is 0 Å². The molecule has 0 bridgehead atoms. The second-order valence-corrected chi connectivity index (χ2v) is 5.15. The summed E-state index contributed by atoms with van der Waals surface area (Å²) in [6.07, 6.45) is 10.7. The molecule has 102 valence electrons. The van der Waals surface area contributed by atoms with Crippen molar-refractivity contribution < 1.29 is 0 Å². The van der Waals surface area contributed by atoms with Crippen molar-refractivity contribution in [3.05, 3.63) is 34.4 Å². The van der Waals surface area contributed by atoms with Crippen LogP contribution in [0.2, 0.25) is 0 Å². The van der Waals surface area contributed by atoms with Crippen molar-refractivity contribution in [3.63, 3.8) is 0 Å². The first kappa shape index (κ1) is 15.3. The fraction of sp³-hybridized carbons (Fsp3) is 0.667. The zero-order valence-electron chi connectivity index (χ0n) is 13.2. The first-order valence-electron chi connectivity index (χ1n) is 7.75. The molecule has 0 N–H and O–H groups in total. The average Bonchev–Trinajstić information content (AvgIpc) is 2.67. The quantitative estimate of drug-likeness (QED) is 0.489. The molecule has 0 amide bonds. The SMILES string of the molecule is CC=CC1(CC)C(CC)=C(CC)C(CC)=C1CC. The maximum atomic E-state index is 2.46.